The third-order valence-corrected chi connectivity index (χ3v) is 6.13. The highest BCUT2D eigenvalue weighted by Crippen LogP contribution is 2.53. The van der Waals surface area contributed by atoms with Gasteiger partial charge in [0.2, 0.25) is 24.2 Å². The van der Waals surface area contributed by atoms with E-state index in [1.807, 2.05) is 0 Å². The molecule has 1 aromatic heterocycles. The molecule has 2 aromatic carbocycles. The van der Waals surface area contributed by atoms with Crippen molar-refractivity contribution in [1.29, 1.82) is 0 Å². The van der Waals surface area contributed by atoms with Crippen molar-refractivity contribution in [2.45, 2.75) is 25.8 Å². The van der Waals surface area contributed by atoms with Crippen molar-refractivity contribution in [3.8, 4) is 28.7 Å². The highest BCUT2D eigenvalue weighted by molar-refractivity contribution is 5.92. The van der Waals surface area contributed by atoms with Gasteiger partial charge in [-0.1, -0.05) is 12.1 Å². The predicted molar refractivity (Wildman–Crippen MR) is 135 cm³/mol. The molecule has 0 aliphatic carbocycles. The standard InChI is InChI=1S/C27H27FN2O9/c1-4-37-27(34)18-12-30-26(33)21(22(18)32)16(10-20(31)29-11-14-5-7-15(28)8-6-14)17-9-19(35-2)24-25(23(17)36-3)39-13-38-24/h5-9,12,16H,4,10-11,13H2,1-3H3,(H,29,31)(H2,30,32,33). The molecule has 0 radical (unpaired) electrons. The zero-order valence-corrected chi connectivity index (χ0v) is 21.5. The number of amides is 1. The molecule has 0 fully saturated rings. The van der Waals surface area contributed by atoms with Gasteiger partial charge >= 0.3 is 5.97 Å². The zero-order chi connectivity index (χ0) is 28.1. The van der Waals surface area contributed by atoms with Gasteiger partial charge in [-0.3, -0.25) is 9.59 Å². The fourth-order valence-electron chi connectivity index (χ4n) is 4.31. The Kier molecular flexibility index (Phi) is 8.23. The minimum atomic E-state index is -1.14. The minimum absolute atomic E-state index is 0.0368. The average molecular weight is 543 g/mol. The first-order chi connectivity index (χ1) is 18.8. The lowest BCUT2D eigenvalue weighted by Crippen LogP contribution is -2.28. The molecular formula is C27H27FN2O9. The van der Waals surface area contributed by atoms with Crippen molar-refractivity contribution in [2.75, 3.05) is 27.6 Å². The first kappa shape index (κ1) is 27.3. The Labute approximate surface area is 222 Å². The van der Waals surface area contributed by atoms with Crippen LogP contribution in [-0.2, 0) is 16.1 Å². The molecular weight excluding hydrogens is 515 g/mol. The number of rotatable bonds is 10. The van der Waals surface area contributed by atoms with E-state index in [0.29, 0.717) is 5.56 Å². The van der Waals surface area contributed by atoms with Crippen LogP contribution in [0.5, 0.6) is 28.7 Å². The molecule has 0 saturated heterocycles. The number of carbonyl (C=O) groups is 2. The van der Waals surface area contributed by atoms with E-state index < -0.39 is 34.9 Å². The number of halogens is 1. The molecule has 2 heterocycles. The van der Waals surface area contributed by atoms with Gasteiger partial charge in [-0.25, -0.2) is 9.18 Å². The summed E-state index contributed by atoms with van der Waals surface area (Å²) in [6.07, 6.45) is 0.686. The van der Waals surface area contributed by atoms with Gasteiger partial charge < -0.3 is 39.1 Å². The summed E-state index contributed by atoms with van der Waals surface area (Å²) < 4.78 is 40.4. The number of benzene rings is 2. The largest absolute Gasteiger partial charge is 0.506 e. The molecule has 1 aliphatic heterocycles. The van der Waals surface area contributed by atoms with Gasteiger partial charge in [0.1, 0.15) is 17.1 Å². The van der Waals surface area contributed by atoms with Crippen LogP contribution in [0.2, 0.25) is 0 Å². The van der Waals surface area contributed by atoms with Gasteiger partial charge in [-0.05, 0) is 30.7 Å². The fourth-order valence-corrected chi connectivity index (χ4v) is 4.31. The zero-order valence-electron chi connectivity index (χ0n) is 21.5. The van der Waals surface area contributed by atoms with Crippen molar-refractivity contribution in [3.63, 3.8) is 0 Å². The molecule has 11 nitrogen and oxygen atoms in total. The number of esters is 1. The number of nitrogens with one attached hydrogen (secondary N) is 2. The number of carbonyl (C=O) groups excluding carboxylic acids is 2. The van der Waals surface area contributed by atoms with Crippen molar-refractivity contribution in [3.05, 3.63) is 75.0 Å². The Morgan fingerprint density at radius 3 is 2.54 bits per heavy atom. The minimum Gasteiger partial charge on any atom is -0.506 e. The number of fused-ring (bicyclic) bond motifs is 1. The van der Waals surface area contributed by atoms with Crippen molar-refractivity contribution < 1.29 is 42.8 Å². The maximum absolute atomic E-state index is 13.3. The van der Waals surface area contributed by atoms with Crippen LogP contribution in [0.25, 0.3) is 0 Å². The van der Waals surface area contributed by atoms with Gasteiger partial charge in [-0.15, -0.1) is 0 Å². The Balaban J connectivity index is 1.81. The van der Waals surface area contributed by atoms with Crippen molar-refractivity contribution in [1.82, 2.24) is 10.3 Å². The lowest BCUT2D eigenvalue weighted by atomic mass is 9.86. The molecule has 1 atom stereocenters. The van der Waals surface area contributed by atoms with E-state index in [0.717, 1.165) is 6.20 Å². The number of H-pyrrole nitrogens is 1. The van der Waals surface area contributed by atoms with Crippen LogP contribution in [-0.4, -0.2) is 49.6 Å². The maximum Gasteiger partial charge on any atom is 0.343 e. The molecule has 206 valence electrons. The summed E-state index contributed by atoms with van der Waals surface area (Å²) in [5, 5.41) is 13.8. The van der Waals surface area contributed by atoms with E-state index >= 15 is 0 Å². The smallest absolute Gasteiger partial charge is 0.343 e. The van der Waals surface area contributed by atoms with Gasteiger partial charge in [0.25, 0.3) is 5.56 Å². The summed E-state index contributed by atoms with van der Waals surface area (Å²) in [5.41, 5.74) is -0.381. The number of aromatic amines is 1. The molecule has 1 amide bonds. The number of methoxy groups -OCH3 is 2. The summed E-state index contributed by atoms with van der Waals surface area (Å²) in [6, 6.07) is 7.11. The van der Waals surface area contributed by atoms with Crippen molar-refractivity contribution >= 4 is 11.9 Å². The lowest BCUT2D eigenvalue weighted by Gasteiger charge is -2.23. The Morgan fingerprint density at radius 1 is 1.15 bits per heavy atom. The quantitative estimate of drug-likeness (QED) is 0.329. The molecule has 12 heteroatoms. The van der Waals surface area contributed by atoms with Gasteiger partial charge in [0.15, 0.2) is 11.5 Å². The van der Waals surface area contributed by atoms with Crippen LogP contribution < -0.4 is 29.8 Å². The second kappa shape index (κ2) is 11.8. The number of aromatic nitrogens is 1. The normalized spacial score (nSPS) is 12.5. The Morgan fingerprint density at radius 2 is 1.87 bits per heavy atom. The summed E-state index contributed by atoms with van der Waals surface area (Å²) >= 11 is 0. The molecule has 3 N–H and O–H groups in total. The summed E-state index contributed by atoms with van der Waals surface area (Å²) in [7, 11) is 2.78. The first-order valence-corrected chi connectivity index (χ1v) is 12.0. The van der Waals surface area contributed by atoms with E-state index in [9.17, 15) is 23.9 Å². The van der Waals surface area contributed by atoms with E-state index in [-0.39, 0.29) is 66.1 Å². The predicted octanol–water partition coefficient (Wildman–Crippen LogP) is 2.98. The van der Waals surface area contributed by atoms with E-state index in [1.54, 1.807) is 6.92 Å². The molecule has 0 spiro atoms. The number of pyridine rings is 1. The fraction of sp³-hybridized carbons (Fsp3) is 0.296. The number of hydrogen-bond donors (Lipinski definition) is 3. The molecule has 4 rings (SSSR count). The second-order valence-corrected chi connectivity index (χ2v) is 8.44. The topological polar surface area (TPSA) is 145 Å². The molecule has 39 heavy (non-hydrogen) atoms. The second-order valence-electron chi connectivity index (χ2n) is 8.44. The van der Waals surface area contributed by atoms with Crippen LogP contribution >= 0.6 is 0 Å². The third kappa shape index (κ3) is 5.59. The van der Waals surface area contributed by atoms with E-state index in [2.05, 4.69) is 10.3 Å². The molecule has 3 aromatic rings. The van der Waals surface area contributed by atoms with Gasteiger partial charge in [-0.2, -0.15) is 0 Å². The average Bonchev–Trinajstić information content (AvgIpc) is 3.41. The Hall–Kier alpha value is -4.74. The van der Waals surface area contributed by atoms with Crippen LogP contribution in [0.15, 0.2) is 41.3 Å². The van der Waals surface area contributed by atoms with Crippen LogP contribution in [0.4, 0.5) is 4.39 Å². The summed E-state index contributed by atoms with van der Waals surface area (Å²) in [5.74, 6) is -2.71. The maximum atomic E-state index is 13.3. The first-order valence-electron chi connectivity index (χ1n) is 12.0. The highest BCUT2D eigenvalue weighted by Gasteiger charge is 2.35. The van der Waals surface area contributed by atoms with Crippen LogP contribution in [0.1, 0.15) is 46.3 Å². The molecule has 0 saturated carbocycles. The van der Waals surface area contributed by atoms with Crippen LogP contribution in [0.3, 0.4) is 0 Å². The van der Waals surface area contributed by atoms with E-state index in [4.69, 9.17) is 23.7 Å². The highest BCUT2D eigenvalue weighted by atomic mass is 19.1. The summed E-state index contributed by atoms with van der Waals surface area (Å²) in [4.78, 5) is 41.2. The Bertz CT molecular complexity index is 1440. The monoisotopic (exact) mass is 542 g/mol. The van der Waals surface area contributed by atoms with Crippen molar-refractivity contribution in [2.24, 2.45) is 0 Å². The number of aromatic hydroxyl groups is 1. The third-order valence-electron chi connectivity index (χ3n) is 6.13. The van der Waals surface area contributed by atoms with E-state index in [1.165, 1.54) is 44.6 Å². The lowest BCUT2D eigenvalue weighted by molar-refractivity contribution is -0.121. The molecule has 1 aliphatic rings. The summed E-state index contributed by atoms with van der Waals surface area (Å²) in [6.45, 7) is 1.60. The molecule has 1 unspecified atom stereocenters. The molecule has 0 bridgehead atoms. The number of hydrogen-bond acceptors (Lipinski definition) is 9. The van der Waals surface area contributed by atoms with Crippen LogP contribution in [0, 0.1) is 5.82 Å². The van der Waals surface area contributed by atoms with Gasteiger partial charge in [0.05, 0.1) is 26.4 Å². The number of ether oxygens (including phenoxy) is 5. The van der Waals surface area contributed by atoms with Gasteiger partial charge in [0, 0.05) is 30.6 Å². The SMILES string of the molecule is CCOC(=O)c1c[nH]c(=O)c(C(CC(=O)NCc2ccc(F)cc2)c2cc(OC)c3c(c2OC)OCO3)c1O.